The van der Waals surface area contributed by atoms with Crippen molar-refractivity contribution in [2.45, 2.75) is 20.8 Å². The summed E-state index contributed by atoms with van der Waals surface area (Å²) in [4.78, 5) is 8.83. The van der Waals surface area contributed by atoms with E-state index in [0.717, 1.165) is 22.6 Å². The third-order valence-corrected chi connectivity index (χ3v) is 2.49. The molecule has 0 aliphatic rings. The molecule has 0 spiro atoms. The van der Waals surface area contributed by atoms with Gasteiger partial charge in [-0.25, -0.2) is 0 Å². The van der Waals surface area contributed by atoms with Crippen LogP contribution in [0.15, 0.2) is 30.5 Å². The Morgan fingerprint density at radius 2 is 1.80 bits per heavy atom. The van der Waals surface area contributed by atoms with Crippen LogP contribution >= 0.6 is 0 Å². The molecule has 0 bridgehead atoms. The number of aromatic nitrogens is 2. The number of aryl methyl sites for hydroxylation is 3. The summed E-state index contributed by atoms with van der Waals surface area (Å²) in [6, 6.07) is 8.09. The lowest BCUT2D eigenvalue weighted by atomic mass is 10.0. The minimum atomic E-state index is 1.01. The first-order chi connectivity index (χ1) is 7.18. The van der Waals surface area contributed by atoms with Crippen LogP contribution in [-0.4, -0.2) is 9.97 Å². The van der Waals surface area contributed by atoms with Gasteiger partial charge in [0, 0.05) is 23.1 Å². The van der Waals surface area contributed by atoms with E-state index in [4.69, 9.17) is 0 Å². The quantitative estimate of drug-likeness (QED) is 0.703. The summed E-state index contributed by atoms with van der Waals surface area (Å²) in [5, 5.41) is 0. The summed E-state index contributed by atoms with van der Waals surface area (Å²) in [6.07, 6.45) is 1.84. The standard InChI is InChI=1S/C13H14N2/c1-9-7-8-14-11(3)13(9)12-6-4-5-10(2)15-12/h4-8H,1-3H3. The Labute approximate surface area is 90.0 Å². The molecule has 2 heteroatoms. The van der Waals surface area contributed by atoms with Gasteiger partial charge in [0.2, 0.25) is 0 Å². The molecular formula is C13H14N2. The molecule has 2 heterocycles. The van der Waals surface area contributed by atoms with Crippen LogP contribution in [0, 0.1) is 20.8 Å². The summed E-state index contributed by atoms with van der Waals surface area (Å²) >= 11 is 0. The smallest absolute Gasteiger partial charge is 0.0726 e. The van der Waals surface area contributed by atoms with Gasteiger partial charge in [0.15, 0.2) is 0 Å². The molecule has 0 saturated heterocycles. The lowest BCUT2D eigenvalue weighted by Crippen LogP contribution is -1.94. The zero-order chi connectivity index (χ0) is 10.8. The van der Waals surface area contributed by atoms with Gasteiger partial charge in [-0.1, -0.05) is 6.07 Å². The van der Waals surface area contributed by atoms with Crippen molar-refractivity contribution >= 4 is 0 Å². The lowest BCUT2D eigenvalue weighted by Gasteiger charge is -2.08. The highest BCUT2D eigenvalue weighted by atomic mass is 14.7. The van der Waals surface area contributed by atoms with E-state index in [9.17, 15) is 0 Å². The third-order valence-electron chi connectivity index (χ3n) is 2.49. The Bertz CT molecular complexity index is 469. The molecule has 0 atom stereocenters. The molecule has 0 aromatic carbocycles. The molecule has 0 fully saturated rings. The number of hydrogen-bond donors (Lipinski definition) is 0. The van der Waals surface area contributed by atoms with E-state index in [1.165, 1.54) is 5.56 Å². The number of pyridine rings is 2. The first-order valence-corrected chi connectivity index (χ1v) is 5.05. The van der Waals surface area contributed by atoms with Gasteiger partial charge in [-0.3, -0.25) is 9.97 Å². The molecule has 0 radical (unpaired) electrons. The first-order valence-electron chi connectivity index (χ1n) is 5.05. The molecule has 2 aromatic rings. The van der Waals surface area contributed by atoms with Crippen LogP contribution in [0.3, 0.4) is 0 Å². The van der Waals surface area contributed by atoms with Crippen LogP contribution < -0.4 is 0 Å². The van der Waals surface area contributed by atoms with Crippen LogP contribution in [0.4, 0.5) is 0 Å². The Kier molecular flexibility index (Phi) is 2.50. The van der Waals surface area contributed by atoms with Crippen molar-refractivity contribution in [3.05, 3.63) is 47.4 Å². The van der Waals surface area contributed by atoms with E-state index >= 15 is 0 Å². The monoisotopic (exact) mass is 198 g/mol. The van der Waals surface area contributed by atoms with Gasteiger partial charge in [0.25, 0.3) is 0 Å². The molecule has 0 unspecified atom stereocenters. The summed E-state index contributed by atoms with van der Waals surface area (Å²) < 4.78 is 0. The largest absolute Gasteiger partial charge is 0.261 e. The van der Waals surface area contributed by atoms with Crippen molar-refractivity contribution in [1.82, 2.24) is 9.97 Å². The van der Waals surface area contributed by atoms with E-state index in [2.05, 4.69) is 16.9 Å². The highest BCUT2D eigenvalue weighted by molar-refractivity contribution is 5.65. The van der Waals surface area contributed by atoms with Gasteiger partial charge in [-0.15, -0.1) is 0 Å². The molecule has 0 aliphatic heterocycles. The molecule has 0 saturated carbocycles. The van der Waals surface area contributed by atoms with Crippen molar-refractivity contribution in [1.29, 1.82) is 0 Å². The van der Waals surface area contributed by atoms with Crippen LogP contribution in [0.25, 0.3) is 11.3 Å². The van der Waals surface area contributed by atoms with Crippen LogP contribution in [-0.2, 0) is 0 Å². The fourth-order valence-corrected chi connectivity index (χ4v) is 1.76. The fourth-order valence-electron chi connectivity index (χ4n) is 1.76. The molecular weight excluding hydrogens is 184 g/mol. The highest BCUT2D eigenvalue weighted by Crippen LogP contribution is 2.23. The predicted molar refractivity (Wildman–Crippen MR) is 61.7 cm³/mol. The summed E-state index contributed by atoms with van der Waals surface area (Å²) in [5.41, 5.74) is 5.46. The van der Waals surface area contributed by atoms with Crippen molar-refractivity contribution in [3.63, 3.8) is 0 Å². The minimum Gasteiger partial charge on any atom is -0.261 e. The van der Waals surface area contributed by atoms with Crippen LogP contribution in [0.1, 0.15) is 17.0 Å². The number of nitrogens with zero attached hydrogens (tertiary/aromatic N) is 2. The van der Waals surface area contributed by atoms with Crippen LogP contribution in [0.5, 0.6) is 0 Å². The maximum atomic E-state index is 4.53. The second-order valence-corrected chi connectivity index (χ2v) is 3.75. The molecule has 2 aromatic heterocycles. The SMILES string of the molecule is Cc1cccc(-c2c(C)ccnc2C)n1. The summed E-state index contributed by atoms with van der Waals surface area (Å²) in [6.45, 7) is 6.12. The highest BCUT2D eigenvalue weighted by Gasteiger charge is 2.06. The molecule has 0 aliphatic carbocycles. The Morgan fingerprint density at radius 3 is 2.47 bits per heavy atom. The van der Waals surface area contributed by atoms with E-state index in [0.29, 0.717) is 0 Å². The topological polar surface area (TPSA) is 25.8 Å². The van der Waals surface area contributed by atoms with Gasteiger partial charge in [0.1, 0.15) is 0 Å². The Morgan fingerprint density at radius 1 is 1.00 bits per heavy atom. The Balaban J connectivity index is 2.63. The molecule has 15 heavy (non-hydrogen) atoms. The minimum absolute atomic E-state index is 1.01. The first kappa shape index (κ1) is 9.84. The molecule has 2 rings (SSSR count). The van der Waals surface area contributed by atoms with Crippen molar-refractivity contribution in [2.75, 3.05) is 0 Å². The van der Waals surface area contributed by atoms with Crippen molar-refractivity contribution in [2.24, 2.45) is 0 Å². The molecule has 0 amide bonds. The second-order valence-electron chi connectivity index (χ2n) is 3.75. The molecule has 0 N–H and O–H groups in total. The van der Waals surface area contributed by atoms with E-state index in [1.54, 1.807) is 0 Å². The van der Waals surface area contributed by atoms with E-state index in [-0.39, 0.29) is 0 Å². The predicted octanol–water partition coefficient (Wildman–Crippen LogP) is 3.07. The van der Waals surface area contributed by atoms with Gasteiger partial charge in [-0.05, 0) is 44.5 Å². The fraction of sp³-hybridized carbons (Fsp3) is 0.231. The second kappa shape index (κ2) is 3.81. The van der Waals surface area contributed by atoms with Gasteiger partial charge < -0.3 is 0 Å². The Hall–Kier alpha value is -1.70. The molecule has 76 valence electrons. The number of hydrogen-bond acceptors (Lipinski definition) is 2. The van der Waals surface area contributed by atoms with E-state index in [1.807, 2.05) is 44.3 Å². The third kappa shape index (κ3) is 1.89. The van der Waals surface area contributed by atoms with E-state index < -0.39 is 0 Å². The average Bonchev–Trinajstić information content (AvgIpc) is 2.17. The maximum absolute atomic E-state index is 4.53. The summed E-state index contributed by atoms with van der Waals surface area (Å²) in [5.74, 6) is 0. The van der Waals surface area contributed by atoms with Crippen molar-refractivity contribution in [3.8, 4) is 11.3 Å². The van der Waals surface area contributed by atoms with Crippen LogP contribution in [0.2, 0.25) is 0 Å². The zero-order valence-corrected chi connectivity index (χ0v) is 9.28. The van der Waals surface area contributed by atoms with Gasteiger partial charge >= 0.3 is 0 Å². The average molecular weight is 198 g/mol. The van der Waals surface area contributed by atoms with Gasteiger partial charge in [-0.2, -0.15) is 0 Å². The molecule has 2 nitrogen and oxygen atoms in total. The summed E-state index contributed by atoms with van der Waals surface area (Å²) in [7, 11) is 0. The van der Waals surface area contributed by atoms with Gasteiger partial charge in [0.05, 0.1) is 5.69 Å². The maximum Gasteiger partial charge on any atom is 0.0726 e. The lowest BCUT2D eigenvalue weighted by molar-refractivity contribution is 1.14. The normalized spacial score (nSPS) is 10.3. The zero-order valence-electron chi connectivity index (χ0n) is 9.28. The van der Waals surface area contributed by atoms with Crippen molar-refractivity contribution < 1.29 is 0 Å². The number of rotatable bonds is 1.